The lowest BCUT2D eigenvalue weighted by Gasteiger charge is -2.05. The lowest BCUT2D eigenvalue weighted by Crippen LogP contribution is -2.06. The van der Waals surface area contributed by atoms with Crippen molar-refractivity contribution in [2.24, 2.45) is 0 Å². The normalized spacial score (nSPS) is 14.5. The van der Waals surface area contributed by atoms with E-state index in [0.29, 0.717) is 5.57 Å². The second kappa shape index (κ2) is 4.48. The van der Waals surface area contributed by atoms with Crippen molar-refractivity contribution in [3.05, 3.63) is 54.1 Å². The van der Waals surface area contributed by atoms with Gasteiger partial charge in [0.2, 0.25) is 0 Å². The number of ketones is 2. The Labute approximate surface area is 87.0 Å². The van der Waals surface area contributed by atoms with Gasteiger partial charge in [0.05, 0.1) is 0 Å². The molecule has 1 aromatic rings. The SMILES string of the molecule is O.O=C1C=CC(=O)C(c2ccccc2)=C1. The average Bonchev–Trinajstić information content (AvgIpc) is 2.23. The minimum atomic E-state index is -0.136. The highest BCUT2D eigenvalue weighted by molar-refractivity contribution is 6.33. The van der Waals surface area contributed by atoms with E-state index in [4.69, 9.17) is 0 Å². The van der Waals surface area contributed by atoms with Crippen molar-refractivity contribution in [2.75, 3.05) is 0 Å². The third-order valence-electron chi connectivity index (χ3n) is 2.04. The molecule has 0 saturated heterocycles. The van der Waals surface area contributed by atoms with Crippen molar-refractivity contribution < 1.29 is 15.1 Å². The Balaban J connectivity index is 0.00000112. The van der Waals surface area contributed by atoms with Crippen LogP contribution in [0.4, 0.5) is 0 Å². The Bertz CT molecular complexity index is 441. The van der Waals surface area contributed by atoms with Crippen molar-refractivity contribution in [2.45, 2.75) is 0 Å². The molecule has 3 nitrogen and oxygen atoms in total. The molecular weight excluding hydrogens is 192 g/mol. The van der Waals surface area contributed by atoms with E-state index in [9.17, 15) is 9.59 Å². The summed E-state index contributed by atoms with van der Waals surface area (Å²) in [7, 11) is 0. The minimum absolute atomic E-state index is 0. The highest BCUT2D eigenvalue weighted by Gasteiger charge is 2.14. The lowest BCUT2D eigenvalue weighted by molar-refractivity contribution is -0.113. The summed E-state index contributed by atoms with van der Waals surface area (Å²) in [4.78, 5) is 22.5. The fraction of sp³-hybridized carbons (Fsp3) is 0. The third kappa shape index (κ3) is 2.27. The smallest absolute Gasteiger partial charge is 0.186 e. The second-order valence-electron chi connectivity index (χ2n) is 3.02. The Morgan fingerprint density at radius 2 is 1.53 bits per heavy atom. The van der Waals surface area contributed by atoms with Crippen LogP contribution >= 0.6 is 0 Å². The highest BCUT2D eigenvalue weighted by Crippen LogP contribution is 2.18. The third-order valence-corrected chi connectivity index (χ3v) is 2.04. The summed E-state index contributed by atoms with van der Waals surface area (Å²) in [5.41, 5.74) is 1.26. The zero-order chi connectivity index (χ0) is 9.97. The lowest BCUT2D eigenvalue weighted by atomic mass is 9.97. The van der Waals surface area contributed by atoms with Gasteiger partial charge < -0.3 is 5.48 Å². The maximum Gasteiger partial charge on any atom is 0.186 e. The van der Waals surface area contributed by atoms with E-state index < -0.39 is 0 Å². The molecule has 1 aliphatic carbocycles. The van der Waals surface area contributed by atoms with Gasteiger partial charge in [-0.1, -0.05) is 30.3 Å². The van der Waals surface area contributed by atoms with Crippen molar-refractivity contribution in [1.82, 2.24) is 0 Å². The molecule has 0 aromatic heterocycles. The fourth-order valence-electron chi connectivity index (χ4n) is 1.35. The van der Waals surface area contributed by atoms with Gasteiger partial charge >= 0.3 is 0 Å². The van der Waals surface area contributed by atoms with Crippen LogP contribution in [0.1, 0.15) is 5.56 Å². The molecule has 15 heavy (non-hydrogen) atoms. The zero-order valence-electron chi connectivity index (χ0n) is 7.94. The predicted molar refractivity (Wildman–Crippen MR) is 57.2 cm³/mol. The van der Waals surface area contributed by atoms with Crippen LogP contribution in [0.25, 0.3) is 5.57 Å². The Kier molecular flexibility index (Phi) is 3.31. The van der Waals surface area contributed by atoms with Crippen LogP contribution in [-0.2, 0) is 9.59 Å². The highest BCUT2D eigenvalue weighted by atomic mass is 16.1. The number of allylic oxidation sites excluding steroid dienone is 4. The molecule has 0 aliphatic heterocycles. The van der Waals surface area contributed by atoms with E-state index in [1.54, 1.807) is 0 Å². The summed E-state index contributed by atoms with van der Waals surface area (Å²) in [5, 5.41) is 0. The fourth-order valence-corrected chi connectivity index (χ4v) is 1.35. The standard InChI is InChI=1S/C12H8O2.H2O/c13-10-6-7-12(14)11(8-10)9-4-2-1-3-5-9;/h1-8H;1H2. The molecule has 0 atom stereocenters. The molecule has 0 saturated carbocycles. The molecule has 0 heterocycles. The molecule has 2 rings (SSSR count). The Morgan fingerprint density at radius 1 is 0.867 bits per heavy atom. The number of benzene rings is 1. The van der Waals surface area contributed by atoms with Gasteiger partial charge in [-0.2, -0.15) is 0 Å². The van der Waals surface area contributed by atoms with E-state index in [0.717, 1.165) is 5.56 Å². The summed E-state index contributed by atoms with van der Waals surface area (Å²) in [6, 6.07) is 9.18. The van der Waals surface area contributed by atoms with Gasteiger partial charge in [-0.3, -0.25) is 9.59 Å². The van der Waals surface area contributed by atoms with E-state index in [-0.39, 0.29) is 17.0 Å². The molecule has 0 amide bonds. The van der Waals surface area contributed by atoms with E-state index in [2.05, 4.69) is 0 Å². The van der Waals surface area contributed by atoms with E-state index in [1.165, 1.54) is 18.2 Å². The molecule has 0 fully saturated rings. The summed E-state index contributed by atoms with van der Waals surface area (Å²) in [6.45, 7) is 0. The first kappa shape index (κ1) is 11.1. The number of rotatable bonds is 1. The first-order valence-corrected chi connectivity index (χ1v) is 4.31. The van der Waals surface area contributed by atoms with Gasteiger partial charge in [-0.25, -0.2) is 0 Å². The Morgan fingerprint density at radius 3 is 2.20 bits per heavy atom. The van der Waals surface area contributed by atoms with Gasteiger partial charge in [0.15, 0.2) is 11.6 Å². The van der Waals surface area contributed by atoms with Gasteiger partial charge in [-0.15, -0.1) is 0 Å². The van der Waals surface area contributed by atoms with Gasteiger partial charge in [0.1, 0.15) is 0 Å². The molecule has 76 valence electrons. The molecule has 0 radical (unpaired) electrons. The van der Waals surface area contributed by atoms with Crippen LogP contribution in [0, 0.1) is 0 Å². The van der Waals surface area contributed by atoms with Crippen LogP contribution in [0.2, 0.25) is 0 Å². The molecule has 1 aliphatic rings. The van der Waals surface area contributed by atoms with Crippen molar-refractivity contribution in [3.63, 3.8) is 0 Å². The van der Waals surface area contributed by atoms with Gasteiger partial charge in [-0.05, 0) is 23.8 Å². The van der Waals surface area contributed by atoms with Crippen molar-refractivity contribution in [1.29, 1.82) is 0 Å². The van der Waals surface area contributed by atoms with Gasteiger partial charge in [0, 0.05) is 5.57 Å². The van der Waals surface area contributed by atoms with Crippen LogP contribution in [0.3, 0.4) is 0 Å². The number of hydrogen-bond acceptors (Lipinski definition) is 2. The van der Waals surface area contributed by atoms with Crippen molar-refractivity contribution >= 4 is 17.1 Å². The monoisotopic (exact) mass is 202 g/mol. The van der Waals surface area contributed by atoms with Crippen LogP contribution in [0.5, 0.6) is 0 Å². The number of carbonyl (C=O) groups excluding carboxylic acids is 2. The summed E-state index contributed by atoms with van der Waals surface area (Å²) in [6.07, 6.45) is 3.97. The molecule has 0 bridgehead atoms. The molecule has 2 N–H and O–H groups in total. The summed E-state index contributed by atoms with van der Waals surface area (Å²) < 4.78 is 0. The molecular formula is C12H10O3. The first-order valence-electron chi connectivity index (χ1n) is 4.31. The molecule has 0 spiro atoms. The summed E-state index contributed by atoms with van der Waals surface area (Å²) >= 11 is 0. The number of hydrogen-bond donors (Lipinski definition) is 0. The minimum Gasteiger partial charge on any atom is -0.412 e. The van der Waals surface area contributed by atoms with E-state index in [1.807, 2.05) is 30.3 Å². The van der Waals surface area contributed by atoms with Gasteiger partial charge in [0.25, 0.3) is 0 Å². The predicted octanol–water partition coefficient (Wildman–Crippen LogP) is 0.953. The zero-order valence-corrected chi connectivity index (χ0v) is 7.94. The molecule has 1 aromatic carbocycles. The molecule has 0 unspecified atom stereocenters. The van der Waals surface area contributed by atoms with E-state index >= 15 is 0 Å². The average molecular weight is 202 g/mol. The Hall–Kier alpha value is -2.00. The van der Waals surface area contributed by atoms with Crippen LogP contribution in [0.15, 0.2) is 48.6 Å². The van der Waals surface area contributed by atoms with Crippen LogP contribution < -0.4 is 0 Å². The van der Waals surface area contributed by atoms with Crippen molar-refractivity contribution in [3.8, 4) is 0 Å². The number of carbonyl (C=O) groups is 2. The second-order valence-corrected chi connectivity index (χ2v) is 3.02. The quantitative estimate of drug-likeness (QED) is 0.636. The maximum absolute atomic E-state index is 11.4. The topological polar surface area (TPSA) is 65.6 Å². The van der Waals surface area contributed by atoms with Crippen LogP contribution in [-0.4, -0.2) is 17.0 Å². The molecule has 3 heteroatoms. The maximum atomic E-state index is 11.4. The first-order chi connectivity index (χ1) is 6.77. The largest absolute Gasteiger partial charge is 0.412 e. The summed E-state index contributed by atoms with van der Waals surface area (Å²) in [5.74, 6) is -0.251.